The van der Waals surface area contributed by atoms with E-state index in [0.29, 0.717) is 29.7 Å². The minimum Gasteiger partial charge on any atom is -0.508 e. The second kappa shape index (κ2) is 11.3. The smallest absolute Gasteiger partial charge is 0.319 e. The summed E-state index contributed by atoms with van der Waals surface area (Å²) in [7, 11) is 0. The number of ether oxygens (including phenoxy) is 1. The van der Waals surface area contributed by atoms with Gasteiger partial charge < -0.3 is 9.84 Å². The first-order valence-corrected chi connectivity index (χ1v) is 14.5. The van der Waals surface area contributed by atoms with E-state index in [1.165, 1.54) is 30.5 Å². The SMILES string of the molecule is C#Cc1c(F)ccc2cc(O)cc(-c3ncc4c(N5CCCCCN5)nc(OC[C@@]5(C)CCCN5CC)nc4c3F)c12. The minimum absolute atomic E-state index is 0.0186. The van der Waals surface area contributed by atoms with Crippen LogP contribution in [0.4, 0.5) is 14.6 Å². The fourth-order valence-electron chi connectivity index (χ4n) is 6.28. The first-order chi connectivity index (χ1) is 20.3. The van der Waals surface area contributed by atoms with Crippen molar-refractivity contribution in [2.45, 2.75) is 51.5 Å². The van der Waals surface area contributed by atoms with E-state index in [2.05, 4.69) is 40.1 Å². The Kier molecular flexibility index (Phi) is 7.56. The van der Waals surface area contributed by atoms with Crippen molar-refractivity contribution in [3.05, 3.63) is 47.7 Å². The average Bonchev–Trinajstić information content (AvgIpc) is 3.16. The molecule has 2 aromatic heterocycles. The molecule has 2 aliphatic heterocycles. The number of phenols is 1. The summed E-state index contributed by atoms with van der Waals surface area (Å²) in [5.41, 5.74) is 3.27. The van der Waals surface area contributed by atoms with E-state index in [1.54, 1.807) is 0 Å². The quantitative estimate of drug-likeness (QED) is 0.291. The Balaban J connectivity index is 1.52. The molecular weight excluding hydrogens is 538 g/mol. The van der Waals surface area contributed by atoms with Crippen molar-refractivity contribution in [3.8, 4) is 35.4 Å². The van der Waals surface area contributed by atoms with Crippen molar-refractivity contribution >= 4 is 27.5 Å². The number of hydrazine groups is 1. The number of likely N-dealkylation sites (N-methyl/N-ethyl adjacent to an activating group) is 1. The highest BCUT2D eigenvalue weighted by Gasteiger charge is 2.36. The van der Waals surface area contributed by atoms with Crippen LogP contribution < -0.4 is 15.2 Å². The Hall–Kier alpha value is -4.07. The number of halogens is 2. The molecule has 2 aromatic carbocycles. The maximum absolute atomic E-state index is 16.6. The predicted octanol–water partition coefficient (Wildman–Crippen LogP) is 5.56. The van der Waals surface area contributed by atoms with Gasteiger partial charge in [0.1, 0.15) is 29.4 Å². The van der Waals surface area contributed by atoms with Gasteiger partial charge in [0.25, 0.3) is 0 Å². The highest BCUT2D eigenvalue weighted by molar-refractivity contribution is 6.03. The second-order valence-corrected chi connectivity index (χ2v) is 11.3. The monoisotopic (exact) mass is 572 g/mol. The minimum atomic E-state index is -0.739. The molecule has 42 heavy (non-hydrogen) atoms. The molecule has 8 nitrogen and oxygen atoms in total. The molecule has 4 aromatic rings. The molecule has 0 radical (unpaired) electrons. The number of benzene rings is 2. The first kappa shape index (κ1) is 28.1. The topological polar surface area (TPSA) is 86.6 Å². The van der Waals surface area contributed by atoms with Gasteiger partial charge >= 0.3 is 6.01 Å². The van der Waals surface area contributed by atoms with Gasteiger partial charge in [0.05, 0.1) is 16.5 Å². The van der Waals surface area contributed by atoms with Gasteiger partial charge in [-0.1, -0.05) is 25.3 Å². The third kappa shape index (κ3) is 4.97. The number of anilines is 1. The number of nitrogens with zero attached hydrogens (tertiary/aromatic N) is 5. The zero-order valence-corrected chi connectivity index (χ0v) is 23.9. The highest BCUT2D eigenvalue weighted by atomic mass is 19.1. The van der Waals surface area contributed by atoms with Crippen molar-refractivity contribution in [2.75, 3.05) is 37.8 Å². The van der Waals surface area contributed by atoms with Crippen LogP contribution in [0.15, 0.2) is 30.5 Å². The van der Waals surface area contributed by atoms with Crippen LogP contribution in [0.2, 0.25) is 0 Å². The molecule has 6 rings (SSSR count). The number of aromatic hydroxyl groups is 1. The summed E-state index contributed by atoms with van der Waals surface area (Å²) in [6.45, 7) is 8.00. The lowest BCUT2D eigenvalue weighted by atomic mass is 9.96. The third-order valence-corrected chi connectivity index (χ3v) is 8.51. The molecule has 2 aliphatic rings. The Labute approximate surface area is 243 Å². The van der Waals surface area contributed by atoms with Crippen molar-refractivity contribution in [3.63, 3.8) is 0 Å². The van der Waals surface area contributed by atoms with Crippen LogP contribution >= 0.6 is 0 Å². The molecule has 0 amide bonds. The molecule has 218 valence electrons. The summed E-state index contributed by atoms with van der Waals surface area (Å²) in [5, 5.41) is 13.5. The van der Waals surface area contributed by atoms with Crippen molar-refractivity contribution in [1.29, 1.82) is 0 Å². The lowest BCUT2D eigenvalue weighted by Crippen LogP contribution is -2.45. The summed E-state index contributed by atoms with van der Waals surface area (Å²) in [4.78, 5) is 16.1. The fraction of sp³-hybridized carbons (Fsp3) is 0.406. The van der Waals surface area contributed by atoms with Gasteiger partial charge in [0.2, 0.25) is 0 Å². The molecule has 0 saturated carbocycles. The molecule has 4 heterocycles. The number of aromatic nitrogens is 3. The van der Waals surface area contributed by atoms with Crippen LogP contribution in [-0.4, -0.2) is 63.3 Å². The summed E-state index contributed by atoms with van der Waals surface area (Å²) >= 11 is 0. The van der Waals surface area contributed by atoms with Crippen LogP contribution in [0.1, 0.15) is 51.5 Å². The Morgan fingerprint density at radius 1 is 1.14 bits per heavy atom. The van der Waals surface area contributed by atoms with Gasteiger partial charge in [-0.15, -0.1) is 6.42 Å². The maximum atomic E-state index is 16.6. The van der Waals surface area contributed by atoms with Gasteiger partial charge in [0, 0.05) is 30.2 Å². The van der Waals surface area contributed by atoms with Crippen LogP contribution in [-0.2, 0) is 0 Å². The Morgan fingerprint density at radius 2 is 2.00 bits per heavy atom. The van der Waals surface area contributed by atoms with Gasteiger partial charge in [-0.3, -0.25) is 14.9 Å². The number of pyridine rings is 1. The normalized spacial score (nSPS) is 19.7. The summed E-state index contributed by atoms with van der Waals surface area (Å²) in [5.74, 6) is 1.37. The lowest BCUT2D eigenvalue weighted by Gasteiger charge is -2.34. The fourth-order valence-corrected chi connectivity index (χ4v) is 6.28. The van der Waals surface area contributed by atoms with Crippen LogP contribution in [0.3, 0.4) is 0 Å². The van der Waals surface area contributed by atoms with E-state index >= 15 is 4.39 Å². The summed E-state index contributed by atoms with van der Waals surface area (Å²) < 4.78 is 37.6. The molecule has 0 spiro atoms. The molecule has 0 aliphatic carbocycles. The summed E-state index contributed by atoms with van der Waals surface area (Å²) in [6, 6.07) is 5.59. The van der Waals surface area contributed by atoms with Crippen LogP contribution in [0.25, 0.3) is 32.9 Å². The molecule has 1 atom stereocenters. The van der Waals surface area contributed by atoms with E-state index in [0.717, 1.165) is 51.7 Å². The van der Waals surface area contributed by atoms with Crippen LogP contribution in [0, 0.1) is 24.0 Å². The molecule has 10 heteroatoms. The molecule has 2 N–H and O–H groups in total. The van der Waals surface area contributed by atoms with E-state index < -0.39 is 11.6 Å². The zero-order chi connectivity index (χ0) is 29.4. The van der Waals surface area contributed by atoms with E-state index in [-0.39, 0.29) is 45.0 Å². The number of fused-ring (bicyclic) bond motifs is 2. The first-order valence-electron chi connectivity index (χ1n) is 14.5. The Morgan fingerprint density at radius 3 is 2.81 bits per heavy atom. The van der Waals surface area contributed by atoms with Gasteiger partial charge in [-0.2, -0.15) is 9.97 Å². The largest absolute Gasteiger partial charge is 0.508 e. The standard InChI is InChI=1S/C32H34F2N6O2/c1-4-22-25(33)11-10-20-16-21(41)17-23(26(20)22)28-27(34)29-24(18-35-28)30(40-15-8-6-7-13-36-40)38-31(37-29)42-19-32(3)12-9-14-39(32)5-2/h1,10-11,16-18,36,41H,5-9,12-15,19H2,2-3H3/t32-/m1/s1. The van der Waals surface area contributed by atoms with Crippen molar-refractivity contribution in [1.82, 2.24) is 25.3 Å². The summed E-state index contributed by atoms with van der Waals surface area (Å²) in [6.07, 6.45) is 12.3. The lowest BCUT2D eigenvalue weighted by molar-refractivity contribution is 0.0908. The van der Waals surface area contributed by atoms with E-state index in [1.807, 2.05) is 5.01 Å². The number of terminal acetylenes is 1. The van der Waals surface area contributed by atoms with Gasteiger partial charge in [0.15, 0.2) is 11.6 Å². The van der Waals surface area contributed by atoms with Gasteiger partial charge in [-0.05, 0) is 69.3 Å². The average molecular weight is 573 g/mol. The number of phenolic OH excluding ortho intramolecular Hbond substituents is 1. The van der Waals surface area contributed by atoms with Crippen molar-refractivity contribution < 1.29 is 18.6 Å². The van der Waals surface area contributed by atoms with Crippen molar-refractivity contribution in [2.24, 2.45) is 0 Å². The van der Waals surface area contributed by atoms with E-state index in [4.69, 9.17) is 16.1 Å². The number of rotatable bonds is 6. The molecular formula is C32H34F2N6O2. The Bertz CT molecular complexity index is 1700. The molecule has 2 saturated heterocycles. The van der Waals surface area contributed by atoms with Crippen LogP contribution in [0.5, 0.6) is 11.8 Å². The second-order valence-electron chi connectivity index (χ2n) is 11.3. The number of nitrogens with one attached hydrogen (secondary N) is 1. The molecule has 0 bridgehead atoms. The highest BCUT2D eigenvalue weighted by Crippen LogP contribution is 2.39. The third-order valence-electron chi connectivity index (χ3n) is 8.51. The number of hydrogen-bond donors (Lipinski definition) is 2. The van der Waals surface area contributed by atoms with E-state index in [9.17, 15) is 9.50 Å². The molecule has 2 fully saturated rings. The number of hydrogen-bond acceptors (Lipinski definition) is 8. The van der Waals surface area contributed by atoms with Gasteiger partial charge in [-0.25, -0.2) is 14.2 Å². The number of likely N-dealkylation sites (tertiary alicyclic amines) is 1. The predicted molar refractivity (Wildman–Crippen MR) is 159 cm³/mol. The zero-order valence-electron chi connectivity index (χ0n) is 23.9. The maximum Gasteiger partial charge on any atom is 0.319 e. The molecule has 0 unspecified atom stereocenters.